The fourth-order valence-corrected chi connectivity index (χ4v) is 2.21. The van der Waals surface area contributed by atoms with Crippen LogP contribution in [0.2, 0.25) is 0 Å². The summed E-state index contributed by atoms with van der Waals surface area (Å²) in [5.41, 5.74) is 0. The van der Waals surface area contributed by atoms with Crippen LogP contribution in [0.5, 0.6) is 0 Å². The van der Waals surface area contributed by atoms with Gasteiger partial charge in [-0.1, -0.05) is 0 Å². The second-order valence-corrected chi connectivity index (χ2v) is 5.05. The van der Waals surface area contributed by atoms with Crippen LogP contribution in [0.15, 0.2) is 11.8 Å². The number of methoxy groups -OCH3 is 1. The third kappa shape index (κ3) is 3.10. The molecular formula is C13H18O7. The van der Waals surface area contributed by atoms with Gasteiger partial charge in [-0.2, -0.15) is 0 Å². The summed E-state index contributed by atoms with van der Waals surface area (Å²) in [6, 6.07) is 0. The van der Waals surface area contributed by atoms with E-state index in [1.165, 1.54) is 20.1 Å². The molecule has 2 rings (SSSR count). The average Bonchev–Trinajstić information content (AvgIpc) is 2.81. The maximum absolute atomic E-state index is 11.3. The van der Waals surface area contributed by atoms with Gasteiger partial charge in [-0.05, 0) is 13.8 Å². The summed E-state index contributed by atoms with van der Waals surface area (Å²) >= 11 is 0. The first kappa shape index (κ1) is 14.8. The maximum Gasteiger partial charge on any atom is 0.333 e. The van der Waals surface area contributed by atoms with E-state index < -0.39 is 36.0 Å². The Morgan fingerprint density at radius 3 is 2.65 bits per heavy atom. The molecule has 0 radical (unpaired) electrons. The minimum Gasteiger partial charge on any atom is -0.485 e. The van der Waals surface area contributed by atoms with Gasteiger partial charge < -0.3 is 23.7 Å². The second kappa shape index (κ2) is 5.41. The Labute approximate surface area is 116 Å². The molecule has 20 heavy (non-hydrogen) atoms. The molecule has 7 heteroatoms. The highest BCUT2D eigenvalue weighted by Crippen LogP contribution is 2.40. The number of carbonyl (C=O) groups excluding carboxylic acids is 2. The molecule has 7 nitrogen and oxygen atoms in total. The largest absolute Gasteiger partial charge is 0.485 e. The van der Waals surface area contributed by atoms with E-state index in [0.717, 1.165) is 0 Å². The molecule has 0 amide bonds. The summed E-state index contributed by atoms with van der Waals surface area (Å²) in [7, 11) is 1.28. The Morgan fingerprint density at radius 2 is 2.05 bits per heavy atom. The monoisotopic (exact) mass is 286 g/mol. The van der Waals surface area contributed by atoms with Crippen LogP contribution in [0, 0.1) is 0 Å². The quantitative estimate of drug-likeness (QED) is 0.553. The fraction of sp³-hybridized carbons (Fsp3) is 0.692. The summed E-state index contributed by atoms with van der Waals surface area (Å²) in [5.74, 6) is -1.42. The molecule has 0 bridgehead atoms. The van der Waals surface area contributed by atoms with Gasteiger partial charge in [0.05, 0.1) is 13.2 Å². The van der Waals surface area contributed by atoms with Crippen molar-refractivity contribution < 1.29 is 33.3 Å². The van der Waals surface area contributed by atoms with E-state index in [-0.39, 0.29) is 6.61 Å². The van der Waals surface area contributed by atoms with Gasteiger partial charge in [0, 0.05) is 6.92 Å². The molecule has 0 aliphatic carbocycles. The lowest BCUT2D eigenvalue weighted by molar-refractivity contribution is -0.173. The summed E-state index contributed by atoms with van der Waals surface area (Å²) in [6.07, 6.45) is -0.234. The van der Waals surface area contributed by atoms with Gasteiger partial charge >= 0.3 is 11.9 Å². The number of hydrogen-bond acceptors (Lipinski definition) is 7. The van der Waals surface area contributed by atoms with Gasteiger partial charge in [0.1, 0.15) is 24.6 Å². The predicted octanol–water partition coefficient (Wildman–Crippen LogP) is 0.525. The standard InChI is InChI=1S/C13H18O7/c1-7(14)17-6-9-12-11(19-13(2,3)20-12)8(18-9)5-10(15)16-4/h5,9,11-12H,6H2,1-4H3/b8-5+/t9-,11+,12-/m1/s1. The SMILES string of the molecule is COC(=O)/C=C1/O[C@H](COC(C)=O)[C@H]2OC(C)(C)O[C@@H]12. The van der Waals surface area contributed by atoms with Crippen LogP contribution < -0.4 is 0 Å². The molecule has 2 saturated heterocycles. The van der Waals surface area contributed by atoms with Gasteiger partial charge in [-0.25, -0.2) is 4.79 Å². The van der Waals surface area contributed by atoms with Crippen molar-refractivity contribution in [2.75, 3.05) is 13.7 Å². The van der Waals surface area contributed by atoms with Crippen molar-refractivity contribution in [1.29, 1.82) is 0 Å². The number of hydrogen-bond donors (Lipinski definition) is 0. The highest BCUT2D eigenvalue weighted by Gasteiger charge is 2.54. The lowest BCUT2D eigenvalue weighted by Crippen LogP contribution is -2.33. The number of rotatable bonds is 3. The number of esters is 2. The van der Waals surface area contributed by atoms with Crippen LogP contribution in [0.3, 0.4) is 0 Å². The minimum atomic E-state index is -0.789. The maximum atomic E-state index is 11.3. The van der Waals surface area contributed by atoms with Crippen molar-refractivity contribution in [1.82, 2.24) is 0 Å². The predicted molar refractivity (Wildman–Crippen MR) is 65.4 cm³/mol. The zero-order valence-electron chi connectivity index (χ0n) is 11.9. The van der Waals surface area contributed by atoms with Gasteiger partial charge in [-0.15, -0.1) is 0 Å². The third-order valence-electron chi connectivity index (χ3n) is 2.98. The third-order valence-corrected chi connectivity index (χ3v) is 2.98. The van der Waals surface area contributed by atoms with Crippen LogP contribution in [0.25, 0.3) is 0 Å². The summed E-state index contributed by atoms with van der Waals surface area (Å²) in [4.78, 5) is 22.2. The lowest BCUT2D eigenvalue weighted by Gasteiger charge is -2.22. The molecular weight excluding hydrogens is 268 g/mol. The Kier molecular flexibility index (Phi) is 4.01. The molecule has 2 fully saturated rings. The van der Waals surface area contributed by atoms with E-state index in [1.54, 1.807) is 13.8 Å². The number of ether oxygens (including phenoxy) is 5. The molecule has 0 unspecified atom stereocenters. The van der Waals surface area contributed by atoms with Crippen molar-refractivity contribution in [3.63, 3.8) is 0 Å². The van der Waals surface area contributed by atoms with Crippen LogP contribution in [-0.4, -0.2) is 49.8 Å². The van der Waals surface area contributed by atoms with Gasteiger partial charge in [0.2, 0.25) is 0 Å². The smallest absolute Gasteiger partial charge is 0.333 e. The van der Waals surface area contributed by atoms with E-state index in [4.69, 9.17) is 18.9 Å². The van der Waals surface area contributed by atoms with Crippen molar-refractivity contribution in [2.24, 2.45) is 0 Å². The normalized spacial score (nSPS) is 32.6. The van der Waals surface area contributed by atoms with Gasteiger partial charge in [-0.3, -0.25) is 4.79 Å². The summed E-state index contributed by atoms with van der Waals surface area (Å²) in [6.45, 7) is 4.88. The zero-order chi connectivity index (χ0) is 14.9. The molecule has 0 saturated carbocycles. The molecule has 0 N–H and O–H groups in total. The van der Waals surface area contributed by atoms with E-state index >= 15 is 0 Å². The second-order valence-electron chi connectivity index (χ2n) is 5.05. The number of fused-ring (bicyclic) bond motifs is 1. The fourth-order valence-electron chi connectivity index (χ4n) is 2.21. The Hall–Kier alpha value is -1.60. The van der Waals surface area contributed by atoms with Crippen LogP contribution >= 0.6 is 0 Å². The van der Waals surface area contributed by atoms with Crippen LogP contribution in [-0.2, 0) is 33.3 Å². The highest BCUT2D eigenvalue weighted by molar-refractivity contribution is 5.82. The van der Waals surface area contributed by atoms with Crippen LogP contribution in [0.1, 0.15) is 20.8 Å². The van der Waals surface area contributed by atoms with E-state index in [2.05, 4.69) is 4.74 Å². The lowest BCUT2D eigenvalue weighted by atomic mass is 10.1. The molecule has 2 heterocycles. The van der Waals surface area contributed by atoms with Gasteiger partial charge in [0.25, 0.3) is 0 Å². The molecule has 3 atom stereocenters. The molecule has 0 spiro atoms. The molecule has 2 aliphatic heterocycles. The molecule has 112 valence electrons. The first-order valence-corrected chi connectivity index (χ1v) is 6.27. The molecule has 0 aromatic carbocycles. The Morgan fingerprint density at radius 1 is 1.35 bits per heavy atom. The Bertz CT molecular complexity index is 440. The minimum absolute atomic E-state index is 0.0362. The first-order valence-electron chi connectivity index (χ1n) is 6.27. The van der Waals surface area contributed by atoms with Crippen molar-refractivity contribution in [2.45, 2.75) is 44.9 Å². The Balaban J connectivity index is 2.15. The van der Waals surface area contributed by atoms with Gasteiger partial charge in [0.15, 0.2) is 11.9 Å². The van der Waals surface area contributed by atoms with Crippen molar-refractivity contribution >= 4 is 11.9 Å². The van der Waals surface area contributed by atoms with E-state index in [0.29, 0.717) is 5.76 Å². The topological polar surface area (TPSA) is 80.3 Å². The highest BCUT2D eigenvalue weighted by atomic mass is 16.8. The molecule has 2 aliphatic rings. The van der Waals surface area contributed by atoms with E-state index in [1.807, 2.05) is 0 Å². The number of carbonyl (C=O) groups is 2. The molecule has 0 aromatic heterocycles. The summed E-state index contributed by atoms with van der Waals surface area (Å²) < 4.78 is 26.5. The summed E-state index contributed by atoms with van der Waals surface area (Å²) in [5, 5.41) is 0. The average molecular weight is 286 g/mol. The first-order chi connectivity index (χ1) is 9.32. The zero-order valence-corrected chi connectivity index (χ0v) is 11.9. The van der Waals surface area contributed by atoms with Crippen molar-refractivity contribution in [3.05, 3.63) is 11.8 Å². The van der Waals surface area contributed by atoms with E-state index in [9.17, 15) is 9.59 Å². The van der Waals surface area contributed by atoms with Crippen LogP contribution in [0.4, 0.5) is 0 Å². The van der Waals surface area contributed by atoms with Crippen molar-refractivity contribution in [3.8, 4) is 0 Å². The molecule has 0 aromatic rings.